The first-order valence-corrected chi connectivity index (χ1v) is 8.94. The molecule has 8 heteroatoms. The molecule has 0 aliphatic carbocycles. The third-order valence-electron chi connectivity index (χ3n) is 3.71. The Labute approximate surface area is 160 Å². The van der Waals surface area contributed by atoms with Crippen molar-refractivity contribution in [1.82, 2.24) is 10.3 Å². The molecule has 0 fully saturated rings. The van der Waals surface area contributed by atoms with Crippen LogP contribution in [0.1, 0.15) is 27.9 Å². The molecule has 3 rings (SSSR count). The van der Waals surface area contributed by atoms with Crippen LogP contribution in [0.15, 0.2) is 59.8 Å². The summed E-state index contributed by atoms with van der Waals surface area (Å²) in [7, 11) is 0. The molecule has 27 heavy (non-hydrogen) atoms. The largest absolute Gasteiger partial charge is 0.447 e. The van der Waals surface area contributed by atoms with Crippen LogP contribution < -0.4 is 15.8 Å². The first-order valence-electron chi connectivity index (χ1n) is 8.12. The number of carbonyl (C=O) groups excluding carboxylic acids is 1. The quantitative estimate of drug-likeness (QED) is 0.342. The van der Waals surface area contributed by atoms with Gasteiger partial charge in [-0.2, -0.15) is 0 Å². The van der Waals surface area contributed by atoms with Crippen LogP contribution in [0.2, 0.25) is 0 Å². The van der Waals surface area contributed by atoms with Crippen molar-refractivity contribution in [2.75, 3.05) is 5.73 Å². The first kappa shape index (κ1) is 18.4. The summed E-state index contributed by atoms with van der Waals surface area (Å²) < 4.78 is 5.76. The number of aromatic nitrogens is 1. The van der Waals surface area contributed by atoms with Gasteiger partial charge in [0.2, 0.25) is 0 Å². The van der Waals surface area contributed by atoms with Crippen LogP contribution in [0.3, 0.4) is 0 Å². The van der Waals surface area contributed by atoms with Gasteiger partial charge in [-0.1, -0.05) is 23.4 Å². The lowest BCUT2D eigenvalue weighted by molar-refractivity contribution is 0.0952. The number of nitrogens with zero attached hydrogens (tertiary/aromatic N) is 2. The number of hydrogen-bond acceptors (Lipinski definition) is 7. The number of pyridine rings is 1. The first-order chi connectivity index (χ1) is 13.1. The van der Waals surface area contributed by atoms with Crippen molar-refractivity contribution in [3.8, 4) is 10.8 Å². The Morgan fingerprint density at radius 1 is 1.22 bits per heavy atom. The predicted octanol–water partition coefficient (Wildman–Crippen LogP) is 3.65. The Balaban J connectivity index is 1.61. The van der Waals surface area contributed by atoms with Crippen LogP contribution in [0.4, 0.5) is 5.82 Å². The molecule has 1 aromatic carbocycles. The van der Waals surface area contributed by atoms with E-state index >= 15 is 0 Å². The molecule has 2 heterocycles. The van der Waals surface area contributed by atoms with Gasteiger partial charge in [0.1, 0.15) is 17.3 Å². The molecule has 4 N–H and O–H groups in total. The van der Waals surface area contributed by atoms with Gasteiger partial charge in [-0.05, 0) is 43.3 Å². The number of oxime groups is 1. The SMILES string of the molecule is C/C(=N\O)c1ccc(C(=O)NCc2ccc(Oc3ccccc3)s2)c(N)n1. The summed E-state index contributed by atoms with van der Waals surface area (Å²) in [5.74, 6) is 0.506. The molecule has 0 aliphatic heterocycles. The second kappa shape index (κ2) is 8.33. The van der Waals surface area contributed by atoms with Crippen LogP contribution in [-0.4, -0.2) is 21.8 Å². The minimum absolute atomic E-state index is 0.0762. The fraction of sp³-hybridized carbons (Fsp3) is 0.105. The van der Waals surface area contributed by atoms with Crippen LogP contribution in [0, 0.1) is 0 Å². The van der Waals surface area contributed by atoms with Crippen LogP contribution in [0.5, 0.6) is 10.8 Å². The average molecular weight is 382 g/mol. The lowest BCUT2D eigenvalue weighted by Crippen LogP contribution is -2.24. The number of hydrogen-bond donors (Lipinski definition) is 3. The number of nitrogens with one attached hydrogen (secondary N) is 1. The Morgan fingerprint density at radius 2 is 2.00 bits per heavy atom. The van der Waals surface area contributed by atoms with Gasteiger partial charge in [-0.25, -0.2) is 4.98 Å². The maximum absolute atomic E-state index is 12.3. The molecule has 7 nitrogen and oxygen atoms in total. The standard InChI is InChI=1S/C19H18N4O3S/c1-12(23-25)16-9-8-15(18(20)22-16)19(24)21-11-14-7-10-17(27-14)26-13-5-3-2-4-6-13/h2-10,25H,11H2,1H3,(H2,20,22)(H,21,24)/b23-12+. The van der Waals surface area contributed by atoms with Crippen molar-refractivity contribution < 1.29 is 14.7 Å². The Kier molecular flexibility index (Phi) is 5.68. The van der Waals surface area contributed by atoms with Gasteiger partial charge in [0, 0.05) is 4.88 Å². The molecule has 0 radical (unpaired) electrons. The lowest BCUT2D eigenvalue weighted by Gasteiger charge is -2.07. The molecule has 0 spiro atoms. The zero-order chi connectivity index (χ0) is 19.2. The molecule has 2 aromatic heterocycles. The van der Waals surface area contributed by atoms with E-state index in [1.807, 2.05) is 42.5 Å². The number of carbonyl (C=O) groups is 1. The van der Waals surface area contributed by atoms with E-state index in [1.54, 1.807) is 19.1 Å². The summed E-state index contributed by atoms with van der Waals surface area (Å²) in [6.45, 7) is 1.94. The maximum atomic E-state index is 12.3. The molecule has 0 bridgehead atoms. The fourth-order valence-electron chi connectivity index (χ4n) is 2.30. The number of nitrogen functional groups attached to an aromatic ring is 1. The summed E-state index contributed by atoms with van der Waals surface area (Å²) in [4.78, 5) is 17.4. The second-order valence-electron chi connectivity index (χ2n) is 5.63. The van der Waals surface area contributed by atoms with Gasteiger partial charge in [0.05, 0.1) is 17.8 Å². The predicted molar refractivity (Wildman–Crippen MR) is 105 cm³/mol. The number of rotatable bonds is 6. The number of benzene rings is 1. The van der Waals surface area contributed by atoms with Gasteiger partial charge in [0.25, 0.3) is 5.91 Å². The van der Waals surface area contributed by atoms with E-state index in [-0.39, 0.29) is 17.3 Å². The molecule has 1 amide bonds. The molecule has 138 valence electrons. The number of thiophene rings is 1. The zero-order valence-corrected chi connectivity index (χ0v) is 15.4. The average Bonchev–Trinajstić information content (AvgIpc) is 3.13. The van der Waals surface area contributed by atoms with Crippen molar-refractivity contribution in [1.29, 1.82) is 0 Å². The normalized spacial score (nSPS) is 11.2. The summed E-state index contributed by atoms with van der Waals surface area (Å²) >= 11 is 1.45. The minimum Gasteiger partial charge on any atom is -0.447 e. The van der Waals surface area contributed by atoms with Gasteiger partial charge >= 0.3 is 0 Å². The summed E-state index contributed by atoms with van der Waals surface area (Å²) in [5.41, 5.74) is 6.84. The summed E-state index contributed by atoms with van der Waals surface area (Å²) in [6.07, 6.45) is 0. The Morgan fingerprint density at radius 3 is 2.70 bits per heavy atom. The third-order valence-corrected chi connectivity index (χ3v) is 4.68. The molecular weight excluding hydrogens is 364 g/mol. The number of para-hydroxylation sites is 1. The lowest BCUT2D eigenvalue weighted by atomic mass is 10.2. The molecular formula is C19H18N4O3S. The minimum atomic E-state index is -0.330. The van der Waals surface area contributed by atoms with E-state index in [0.717, 1.165) is 15.7 Å². The molecule has 0 saturated heterocycles. The van der Waals surface area contributed by atoms with Gasteiger partial charge in [-0.15, -0.1) is 11.3 Å². The second-order valence-corrected chi connectivity index (χ2v) is 6.76. The summed E-state index contributed by atoms with van der Waals surface area (Å²) in [6, 6.07) is 16.4. The van der Waals surface area contributed by atoms with Crippen molar-refractivity contribution in [2.24, 2.45) is 5.16 Å². The summed E-state index contributed by atoms with van der Waals surface area (Å²) in [5, 5.41) is 15.4. The van der Waals surface area contributed by atoms with Gasteiger partial charge < -0.3 is 21.0 Å². The van der Waals surface area contributed by atoms with Gasteiger partial charge in [-0.3, -0.25) is 4.79 Å². The van der Waals surface area contributed by atoms with E-state index in [0.29, 0.717) is 18.0 Å². The monoisotopic (exact) mass is 382 g/mol. The molecule has 0 atom stereocenters. The zero-order valence-electron chi connectivity index (χ0n) is 14.5. The Hall–Kier alpha value is -3.39. The van der Waals surface area contributed by atoms with E-state index in [2.05, 4.69) is 15.5 Å². The van der Waals surface area contributed by atoms with Crippen molar-refractivity contribution in [3.05, 3.63) is 70.7 Å². The highest BCUT2D eigenvalue weighted by molar-refractivity contribution is 7.13. The van der Waals surface area contributed by atoms with E-state index in [1.165, 1.54) is 11.3 Å². The molecule has 3 aromatic rings. The molecule has 0 saturated carbocycles. The van der Waals surface area contributed by atoms with Gasteiger partial charge in [0.15, 0.2) is 5.06 Å². The van der Waals surface area contributed by atoms with E-state index in [9.17, 15) is 4.79 Å². The van der Waals surface area contributed by atoms with E-state index < -0.39 is 0 Å². The van der Waals surface area contributed by atoms with Crippen molar-refractivity contribution in [3.63, 3.8) is 0 Å². The fourth-order valence-corrected chi connectivity index (χ4v) is 3.11. The van der Waals surface area contributed by atoms with Crippen LogP contribution in [-0.2, 0) is 6.54 Å². The number of amides is 1. The van der Waals surface area contributed by atoms with Crippen molar-refractivity contribution in [2.45, 2.75) is 13.5 Å². The van der Waals surface area contributed by atoms with E-state index in [4.69, 9.17) is 15.7 Å². The molecule has 0 aliphatic rings. The third kappa shape index (κ3) is 4.62. The van der Waals surface area contributed by atoms with Crippen LogP contribution in [0.25, 0.3) is 0 Å². The number of nitrogens with two attached hydrogens (primary N) is 1. The number of anilines is 1. The highest BCUT2D eigenvalue weighted by Gasteiger charge is 2.13. The smallest absolute Gasteiger partial charge is 0.255 e. The topological polar surface area (TPSA) is 110 Å². The maximum Gasteiger partial charge on any atom is 0.255 e. The highest BCUT2D eigenvalue weighted by Crippen LogP contribution is 2.29. The molecule has 0 unspecified atom stereocenters. The van der Waals surface area contributed by atoms with Crippen LogP contribution >= 0.6 is 11.3 Å². The Bertz CT molecular complexity index is 970. The number of ether oxygens (including phenoxy) is 1. The van der Waals surface area contributed by atoms with Crippen molar-refractivity contribution >= 4 is 28.8 Å². The highest BCUT2D eigenvalue weighted by atomic mass is 32.1.